The maximum Gasteiger partial charge on any atom is 0.318 e. The number of rotatable bonds is 6. The molecule has 1 aromatic heterocycles. The fourth-order valence-electron chi connectivity index (χ4n) is 7.64. The number of alkyl halides is 1. The first kappa shape index (κ1) is 28.2. The number of aromatic hydroxyl groups is 1. The van der Waals surface area contributed by atoms with Gasteiger partial charge in [0.05, 0.1) is 23.5 Å². The Morgan fingerprint density at radius 3 is 2.91 bits per heavy atom. The third-order valence-electron chi connectivity index (χ3n) is 9.79. The number of nitrogens with zero attached hydrogens (tertiary/aromatic N) is 5. The predicted molar refractivity (Wildman–Crippen MR) is 160 cm³/mol. The number of hydrogen-bond donors (Lipinski definition) is 2. The van der Waals surface area contributed by atoms with Gasteiger partial charge in [0.15, 0.2) is 0 Å². The Bertz CT molecular complexity index is 1590. The van der Waals surface area contributed by atoms with Crippen molar-refractivity contribution in [2.45, 2.75) is 70.2 Å². The molecule has 3 saturated heterocycles. The van der Waals surface area contributed by atoms with Gasteiger partial charge in [0.1, 0.15) is 35.7 Å². The minimum Gasteiger partial charge on any atom is -0.508 e. The van der Waals surface area contributed by atoms with E-state index in [4.69, 9.17) is 14.7 Å². The Morgan fingerprint density at radius 1 is 1.21 bits per heavy atom. The van der Waals surface area contributed by atoms with E-state index in [0.717, 1.165) is 38.9 Å². The third kappa shape index (κ3) is 4.77. The molecule has 2 N–H and O–H groups in total. The van der Waals surface area contributed by atoms with Gasteiger partial charge in [0, 0.05) is 43.5 Å². The van der Waals surface area contributed by atoms with Crippen LogP contribution in [0.25, 0.3) is 10.8 Å². The second kappa shape index (κ2) is 10.9. The highest BCUT2D eigenvalue weighted by atomic mass is 19.1. The second-order valence-electron chi connectivity index (χ2n) is 12.4. The van der Waals surface area contributed by atoms with Crippen LogP contribution in [0.2, 0.25) is 0 Å². The molecule has 11 heteroatoms. The molecule has 0 radical (unpaired) electrons. The molecule has 2 aromatic carbocycles. The Balaban J connectivity index is 1.31. The summed E-state index contributed by atoms with van der Waals surface area (Å²) in [5.74, 6) is -0.136. The van der Waals surface area contributed by atoms with Crippen LogP contribution in [0.1, 0.15) is 61.1 Å². The molecule has 43 heavy (non-hydrogen) atoms. The summed E-state index contributed by atoms with van der Waals surface area (Å²) in [5.41, 5.74) is 1.49. The first-order chi connectivity index (χ1) is 20.8. The highest BCUT2D eigenvalue weighted by Gasteiger charge is 2.49. The van der Waals surface area contributed by atoms with Crippen LogP contribution in [0.4, 0.5) is 20.3 Å². The molecule has 5 heterocycles. The molecule has 0 bridgehead atoms. The molecular weight excluding hydrogens is 554 g/mol. The van der Waals surface area contributed by atoms with Crippen molar-refractivity contribution >= 4 is 28.2 Å². The molecule has 7 rings (SSSR count). The van der Waals surface area contributed by atoms with E-state index in [0.29, 0.717) is 65.0 Å². The Hall–Kier alpha value is -3.57. The summed E-state index contributed by atoms with van der Waals surface area (Å²) < 4.78 is 35.7. The van der Waals surface area contributed by atoms with Gasteiger partial charge in [-0.15, -0.1) is 0 Å². The van der Waals surface area contributed by atoms with Crippen LogP contribution < -0.4 is 19.9 Å². The van der Waals surface area contributed by atoms with E-state index < -0.39 is 6.17 Å². The van der Waals surface area contributed by atoms with Crippen molar-refractivity contribution in [3.8, 4) is 11.8 Å². The molecule has 3 fully saturated rings. The first-order valence-electron chi connectivity index (χ1n) is 15.4. The molecule has 3 atom stereocenters. The van der Waals surface area contributed by atoms with Crippen molar-refractivity contribution in [3.05, 3.63) is 46.9 Å². The molecule has 1 amide bonds. The highest BCUT2D eigenvalue weighted by Crippen LogP contribution is 2.43. The van der Waals surface area contributed by atoms with Crippen LogP contribution in [0.15, 0.2) is 24.3 Å². The highest BCUT2D eigenvalue weighted by molar-refractivity contribution is 6.16. The smallest absolute Gasteiger partial charge is 0.318 e. The van der Waals surface area contributed by atoms with Crippen molar-refractivity contribution in [1.82, 2.24) is 20.2 Å². The van der Waals surface area contributed by atoms with E-state index in [1.165, 1.54) is 12.1 Å². The zero-order valence-electron chi connectivity index (χ0n) is 24.7. The van der Waals surface area contributed by atoms with Gasteiger partial charge in [-0.1, -0.05) is 13.0 Å². The van der Waals surface area contributed by atoms with Gasteiger partial charge in [-0.3, -0.25) is 9.69 Å². The molecule has 228 valence electrons. The van der Waals surface area contributed by atoms with Gasteiger partial charge < -0.3 is 25.0 Å². The van der Waals surface area contributed by atoms with E-state index in [-0.39, 0.29) is 48.2 Å². The summed E-state index contributed by atoms with van der Waals surface area (Å²) in [5, 5.41) is 15.3. The maximum absolute atomic E-state index is 15.0. The van der Waals surface area contributed by atoms with Gasteiger partial charge in [-0.05, 0) is 68.8 Å². The lowest BCUT2D eigenvalue weighted by atomic mass is 9.95. The zero-order chi connectivity index (χ0) is 29.9. The number of carbonyl (C=O) groups excluding carboxylic acids is 1. The Kier molecular flexibility index (Phi) is 7.12. The lowest BCUT2D eigenvalue weighted by Crippen LogP contribution is -2.43. The number of phenolic OH excluding ortho intramolecular Hbond substituents is 1. The van der Waals surface area contributed by atoms with Crippen LogP contribution in [-0.4, -0.2) is 83.0 Å². The van der Waals surface area contributed by atoms with Crippen molar-refractivity contribution in [1.29, 1.82) is 0 Å². The summed E-state index contributed by atoms with van der Waals surface area (Å²) in [7, 11) is 0. The zero-order valence-corrected chi connectivity index (χ0v) is 24.7. The maximum atomic E-state index is 15.0. The number of nitrogens with one attached hydrogen (secondary N) is 1. The van der Waals surface area contributed by atoms with Crippen molar-refractivity contribution < 1.29 is 23.4 Å². The van der Waals surface area contributed by atoms with Crippen molar-refractivity contribution in [2.24, 2.45) is 0 Å². The largest absolute Gasteiger partial charge is 0.508 e. The van der Waals surface area contributed by atoms with E-state index in [1.54, 1.807) is 17.0 Å². The molecule has 0 spiro atoms. The number of aromatic nitrogens is 2. The number of hydrogen-bond acceptors (Lipinski definition) is 8. The average Bonchev–Trinajstić information content (AvgIpc) is 3.56. The number of anilines is 2. The van der Waals surface area contributed by atoms with Gasteiger partial charge in [0.25, 0.3) is 5.91 Å². The number of ether oxygens (including phenoxy) is 1. The van der Waals surface area contributed by atoms with Gasteiger partial charge in [-0.2, -0.15) is 9.97 Å². The second-order valence-corrected chi connectivity index (χ2v) is 12.4. The van der Waals surface area contributed by atoms with E-state index >= 15 is 0 Å². The number of phenols is 1. The lowest BCUT2D eigenvalue weighted by molar-refractivity contribution is 0.0996. The number of halogens is 2. The van der Waals surface area contributed by atoms with Crippen LogP contribution in [0, 0.1) is 5.82 Å². The minimum absolute atomic E-state index is 0.00873. The molecule has 4 aliphatic rings. The topological polar surface area (TPSA) is 94.1 Å². The summed E-state index contributed by atoms with van der Waals surface area (Å²) in [6, 6.07) is 6.42. The molecular formula is C32H38F2N6O3. The molecule has 0 saturated carbocycles. The lowest BCUT2D eigenvalue weighted by Gasteiger charge is -2.31. The number of fused-ring (bicyclic) bond motifs is 3. The molecule has 4 aliphatic heterocycles. The molecule has 0 aliphatic carbocycles. The van der Waals surface area contributed by atoms with Crippen LogP contribution in [0.3, 0.4) is 0 Å². The number of benzene rings is 2. The van der Waals surface area contributed by atoms with Crippen LogP contribution in [-0.2, 0) is 13.0 Å². The fourth-order valence-corrected chi connectivity index (χ4v) is 7.64. The Labute approximate surface area is 249 Å². The number of aryl methyl sites for hydroxylation is 1. The summed E-state index contributed by atoms with van der Waals surface area (Å²) in [6.07, 6.45) is 2.74. The predicted octanol–water partition coefficient (Wildman–Crippen LogP) is 4.34. The quantitative estimate of drug-likeness (QED) is 0.437. The normalized spacial score (nSPS) is 25.8. The summed E-state index contributed by atoms with van der Waals surface area (Å²) in [6.45, 7) is 7.95. The standard InChI is InChI=1S/C32H38F2N6O3/c1-3-23-24(34)6-5-20-13-22(41)14-26(27(20)23)40-17-25-28(30(40)42)29(39-12-10-35-9-7-19(39)2)37-31(36-25)43-18-32-8-4-11-38(32)16-21(33)15-32/h5-6,13-14,19,21,35,41H,3-4,7-12,15-18H2,1-2H3/t19?,21-,32+/m1/s1. The SMILES string of the molecule is CCc1c(F)ccc2cc(O)cc(N3Cc4nc(OC[C@@]56CCCN5C[C@H](F)C6)nc(N5CCNCCC5C)c4C3=O)c12. The van der Waals surface area contributed by atoms with Gasteiger partial charge >= 0.3 is 6.01 Å². The Morgan fingerprint density at radius 2 is 2.07 bits per heavy atom. The summed E-state index contributed by atoms with van der Waals surface area (Å²) >= 11 is 0. The first-order valence-corrected chi connectivity index (χ1v) is 15.4. The average molecular weight is 593 g/mol. The van der Waals surface area contributed by atoms with Gasteiger partial charge in [-0.25, -0.2) is 8.78 Å². The minimum atomic E-state index is -0.869. The molecule has 3 aromatic rings. The summed E-state index contributed by atoms with van der Waals surface area (Å²) in [4.78, 5) is 29.8. The van der Waals surface area contributed by atoms with Crippen LogP contribution >= 0.6 is 0 Å². The molecule has 1 unspecified atom stereocenters. The number of carbonyl (C=O) groups is 1. The van der Waals surface area contributed by atoms with E-state index in [2.05, 4.69) is 22.0 Å². The fraction of sp³-hybridized carbons (Fsp3) is 0.531. The van der Waals surface area contributed by atoms with E-state index in [9.17, 15) is 18.7 Å². The number of amides is 1. The van der Waals surface area contributed by atoms with Crippen molar-refractivity contribution in [2.75, 3.05) is 49.1 Å². The third-order valence-corrected chi connectivity index (χ3v) is 9.79. The van der Waals surface area contributed by atoms with Crippen molar-refractivity contribution in [3.63, 3.8) is 0 Å². The van der Waals surface area contributed by atoms with Crippen LogP contribution in [0.5, 0.6) is 11.8 Å². The van der Waals surface area contributed by atoms with E-state index in [1.807, 2.05) is 6.92 Å². The monoisotopic (exact) mass is 592 g/mol. The molecule has 9 nitrogen and oxygen atoms in total. The van der Waals surface area contributed by atoms with Gasteiger partial charge in [0.2, 0.25) is 0 Å².